The Morgan fingerprint density at radius 1 is 1.47 bits per heavy atom. The molecule has 0 aromatic heterocycles. The molecule has 1 aromatic carbocycles. The molecule has 0 heterocycles. The lowest BCUT2D eigenvalue weighted by molar-refractivity contribution is -0.137. The molecule has 0 bridgehead atoms. The van der Waals surface area contributed by atoms with Gasteiger partial charge in [-0.15, -0.1) is 6.42 Å². The number of ether oxygens (including phenoxy) is 1. The van der Waals surface area contributed by atoms with Gasteiger partial charge in [0.05, 0.1) is 13.2 Å². The van der Waals surface area contributed by atoms with Crippen LogP contribution < -0.4 is 0 Å². The Kier molecular flexibility index (Phi) is 5.58. The molecule has 5 nitrogen and oxygen atoms in total. The Morgan fingerprint density at radius 3 is 2.79 bits per heavy atom. The number of carboxylic acid groups (broad SMARTS) is 1. The van der Waals surface area contributed by atoms with Crippen molar-refractivity contribution in [3.8, 4) is 12.3 Å². The third-order valence-electron chi connectivity index (χ3n) is 2.38. The molecule has 0 aliphatic carbocycles. The van der Waals surface area contributed by atoms with Crippen LogP contribution in [0, 0.1) is 12.3 Å². The molecule has 1 aromatic rings. The van der Waals surface area contributed by atoms with Crippen LogP contribution in [0.3, 0.4) is 0 Å². The van der Waals surface area contributed by atoms with E-state index < -0.39 is 18.4 Å². The van der Waals surface area contributed by atoms with E-state index in [0.29, 0.717) is 12.2 Å². The highest BCUT2D eigenvalue weighted by Crippen LogP contribution is 2.09. The molecule has 0 radical (unpaired) electrons. The van der Waals surface area contributed by atoms with E-state index in [9.17, 15) is 9.59 Å². The maximum atomic E-state index is 12.2. The fourth-order valence-corrected chi connectivity index (χ4v) is 1.62. The molecular weight excluding hydrogens is 246 g/mol. The number of methoxy groups -OCH3 is 1. The first kappa shape index (κ1) is 14.7. The first-order chi connectivity index (χ1) is 9.08. The summed E-state index contributed by atoms with van der Waals surface area (Å²) in [6.45, 7) is -0.0770. The summed E-state index contributed by atoms with van der Waals surface area (Å²) in [7, 11) is 1.56. The second kappa shape index (κ2) is 7.19. The van der Waals surface area contributed by atoms with Gasteiger partial charge in [-0.1, -0.05) is 18.1 Å². The van der Waals surface area contributed by atoms with Gasteiger partial charge in [-0.3, -0.25) is 9.59 Å². The van der Waals surface area contributed by atoms with E-state index in [1.165, 1.54) is 0 Å². The molecule has 0 aliphatic rings. The lowest BCUT2D eigenvalue weighted by Crippen LogP contribution is -2.36. The monoisotopic (exact) mass is 261 g/mol. The van der Waals surface area contributed by atoms with Gasteiger partial charge in [-0.2, -0.15) is 0 Å². The maximum absolute atomic E-state index is 12.2. The predicted octanol–water partition coefficient (Wildman–Crippen LogP) is 0.993. The van der Waals surface area contributed by atoms with Crippen molar-refractivity contribution in [3.05, 3.63) is 35.4 Å². The number of benzene rings is 1. The summed E-state index contributed by atoms with van der Waals surface area (Å²) in [5.74, 6) is 0.776. The largest absolute Gasteiger partial charge is 0.480 e. The predicted molar refractivity (Wildman–Crippen MR) is 69.5 cm³/mol. The fourth-order valence-electron chi connectivity index (χ4n) is 1.62. The van der Waals surface area contributed by atoms with Crippen molar-refractivity contribution in [3.63, 3.8) is 0 Å². The van der Waals surface area contributed by atoms with Crippen LogP contribution in [0.25, 0.3) is 0 Å². The zero-order valence-electron chi connectivity index (χ0n) is 10.6. The minimum Gasteiger partial charge on any atom is -0.480 e. The minimum absolute atomic E-state index is 0.0420. The molecule has 0 unspecified atom stereocenters. The highest BCUT2D eigenvalue weighted by Gasteiger charge is 2.17. The SMILES string of the molecule is C#CCN(CC(=O)O)C(=O)c1cccc(COC)c1. The number of amides is 1. The average Bonchev–Trinajstić information content (AvgIpc) is 2.37. The summed E-state index contributed by atoms with van der Waals surface area (Å²) in [4.78, 5) is 24.0. The second-order valence-corrected chi connectivity index (χ2v) is 3.89. The van der Waals surface area contributed by atoms with Crippen LogP contribution in [0.5, 0.6) is 0 Å². The van der Waals surface area contributed by atoms with Crippen LogP contribution >= 0.6 is 0 Å². The molecule has 1 N–H and O–H groups in total. The molecule has 0 saturated carbocycles. The van der Waals surface area contributed by atoms with E-state index in [-0.39, 0.29) is 6.54 Å². The highest BCUT2D eigenvalue weighted by molar-refractivity contribution is 5.96. The number of carboxylic acids is 1. The van der Waals surface area contributed by atoms with Crippen LogP contribution in [-0.4, -0.2) is 42.1 Å². The topological polar surface area (TPSA) is 66.8 Å². The van der Waals surface area contributed by atoms with Gasteiger partial charge in [0, 0.05) is 12.7 Å². The maximum Gasteiger partial charge on any atom is 0.323 e. The van der Waals surface area contributed by atoms with E-state index in [4.69, 9.17) is 16.3 Å². The molecule has 0 aliphatic heterocycles. The summed E-state index contributed by atoms with van der Waals surface area (Å²) in [5.41, 5.74) is 1.23. The second-order valence-electron chi connectivity index (χ2n) is 3.89. The molecule has 0 fully saturated rings. The Hall–Kier alpha value is -2.32. The van der Waals surface area contributed by atoms with E-state index >= 15 is 0 Å². The van der Waals surface area contributed by atoms with Crippen molar-refractivity contribution in [1.82, 2.24) is 4.90 Å². The third-order valence-corrected chi connectivity index (χ3v) is 2.38. The molecule has 5 heteroatoms. The standard InChI is InChI=1S/C14H15NO4/c1-3-7-15(9-13(16)17)14(18)12-6-4-5-11(8-12)10-19-2/h1,4-6,8H,7,9-10H2,2H3,(H,16,17). The first-order valence-electron chi connectivity index (χ1n) is 5.61. The summed E-state index contributed by atoms with van der Waals surface area (Å²) < 4.78 is 4.98. The van der Waals surface area contributed by atoms with Crippen molar-refractivity contribution in [2.45, 2.75) is 6.61 Å². The summed E-state index contributed by atoms with van der Waals surface area (Å²) in [6.07, 6.45) is 5.14. The molecule has 100 valence electrons. The van der Waals surface area contributed by atoms with E-state index in [0.717, 1.165) is 10.5 Å². The van der Waals surface area contributed by atoms with Gasteiger partial charge >= 0.3 is 5.97 Å². The summed E-state index contributed by atoms with van der Waals surface area (Å²) >= 11 is 0. The van der Waals surface area contributed by atoms with Crippen LogP contribution in [0.15, 0.2) is 24.3 Å². The van der Waals surface area contributed by atoms with Crippen molar-refractivity contribution < 1.29 is 19.4 Å². The zero-order valence-corrected chi connectivity index (χ0v) is 10.6. The fraction of sp³-hybridized carbons (Fsp3) is 0.286. The third kappa shape index (κ3) is 4.45. The van der Waals surface area contributed by atoms with E-state index in [2.05, 4.69) is 5.92 Å². The van der Waals surface area contributed by atoms with Crippen LogP contribution in [0.1, 0.15) is 15.9 Å². The number of carbonyl (C=O) groups excluding carboxylic acids is 1. The number of terminal acetylenes is 1. The van der Waals surface area contributed by atoms with Gasteiger partial charge in [-0.05, 0) is 17.7 Å². The molecule has 0 atom stereocenters. The summed E-state index contributed by atoms with van der Waals surface area (Å²) in [5, 5.41) is 8.76. The van der Waals surface area contributed by atoms with Crippen LogP contribution in [0.2, 0.25) is 0 Å². The minimum atomic E-state index is -1.10. The molecule has 1 rings (SSSR count). The smallest absolute Gasteiger partial charge is 0.323 e. The summed E-state index contributed by atoms with van der Waals surface area (Å²) in [6, 6.07) is 6.82. The number of hydrogen-bond acceptors (Lipinski definition) is 3. The van der Waals surface area contributed by atoms with E-state index in [1.807, 2.05) is 6.07 Å². The normalized spacial score (nSPS) is 9.68. The van der Waals surface area contributed by atoms with Gasteiger partial charge in [0.1, 0.15) is 6.54 Å². The number of nitrogens with zero attached hydrogens (tertiary/aromatic N) is 1. The van der Waals surface area contributed by atoms with Crippen molar-refractivity contribution in [1.29, 1.82) is 0 Å². The number of rotatable bonds is 6. The Bertz CT molecular complexity index is 504. The van der Waals surface area contributed by atoms with Crippen molar-refractivity contribution >= 4 is 11.9 Å². The molecule has 1 amide bonds. The van der Waals surface area contributed by atoms with Gasteiger partial charge in [0.2, 0.25) is 0 Å². The zero-order chi connectivity index (χ0) is 14.3. The number of carbonyl (C=O) groups is 2. The number of hydrogen-bond donors (Lipinski definition) is 1. The Balaban J connectivity index is 2.92. The van der Waals surface area contributed by atoms with Crippen molar-refractivity contribution in [2.75, 3.05) is 20.2 Å². The van der Waals surface area contributed by atoms with Crippen LogP contribution in [0.4, 0.5) is 0 Å². The highest BCUT2D eigenvalue weighted by atomic mass is 16.5. The van der Waals surface area contributed by atoms with Gasteiger partial charge in [0.15, 0.2) is 0 Å². The van der Waals surface area contributed by atoms with Gasteiger partial charge in [-0.25, -0.2) is 0 Å². The average molecular weight is 261 g/mol. The number of aliphatic carboxylic acids is 1. The molecule has 0 saturated heterocycles. The molecule has 19 heavy (non-hydrogen) atoms. The lowest BCUT2D eigenvalue weighted by Gasteiger charge is -2.18. The quantitative estimate of drug-likeness (QED) is 0.776. The first-order valence-corrected chi connectivity index (χ1v) is 5.61. The van der Waals surface area contributed by atoms with Crippen LogP contribution in [-0.2, 0) is 16.1 Å². The van der Waals surface area contributed by atoms with Crippen molar-refractivity contribution in [2.24, 2.45) is 0 Å². The van der Waals surface area contributed by atoms with Gasteiger partial charge in [0.25, 0.3) is 5.91 Å². The lowest BCUT2D eigenvalue weighted by atomic mass is 10.1. The van der Waals surface area contributed by atoms with Gasteiger partial charge < -0.3 is 14.7 Å². The Labute approximate surface area is 111 Å². The molecule has 0 spiro atoms. The molecular formula is C14H15NO4. The van der Waals surface area contributed by atoms with E-state index in [1.54, 1.807) is 25.3 Å². The Morgan fingerprint density at radius 2 is 2.21 bits per heavy atom.